The summed E-state index contributed by atoms with van der Waals surface area (Å²) in [6.07, 6.45) is 1.57. The van der Waals surface area contributed by atoms with E-state index in [0.29, 0.717) is 11.6 Å². The third-order valence-electron chi connectivity index (χ3n) is 4.50. The molecule has 1 aliphatic heterocycles. The van der Waals surface area contributed by atoms with Gasteiger partial charge in [-0.15, -0.1) is 0 Å². The van der Waals surface area contributed by atoms with Gasteiger partial charge in [0, 0.05) is 19.1 Å². The van der Waals surface area contributed by atoms with Crippen LogP contribution >= 0.6 is 0 Å². The molecule has 6 nitrogen and oxygen atoms in total. The van der Waals surface area contributed by atoms with Crippen molar-refractivity contribution in [1.29, 1.82) is 5.26 Å². The number of nitrogens with zero attached hydrogens (tertiary/aromatic N) is 3. The van der Waals surface area contributed by atoms with E-state index in [1.54, 1.807) is 0 Å². The lowest BCUT2D eigenvalue weighted by Gasteiger charge is -2.36. The van der Waals surface area contributed by atoms with Gasteiger partial charge in [-0.25, -0.2) is 9.78 Å². The maximum atomic E-state index is 11.9. The molecule has 1 aromatic rings. The molecule has 1 atom stereocenters. The molecule has 6 heteroatoms. The fourth-order valence-electron chi connectivity index (χ4n) is 3.05. The van der Waals surface area contributed by atoms with Crippen LogP contribution in [0.15, 0.2) is 12.1 Å². The van der Waals surface area contributed by atoms with E-state index in [4.69, 9.17) is 10.00 Å². The van der Waals surface area contributed by atoms with Gasteiger partial charge in [0.1, 0.15) is 23.2 Å². The fraction of sp³-hybridized carbons (Fsp3) is 0.632. The first-order valence-electron chi connectivity index (χ1n) is 8.82. The van der Waals surface area contributed by atoms with Crippen molar-refractivity contribution in [2.75, 3.05) is 18.0 Å². The van der Waals surface area contributed by atoms with Crippen LogP contribution in [0.1, 0.15) is 51.8 Å². The van der Waals surface area contributed by atoms with E-state index in [0.717, 1.165) is 37.3 Å². The number of ether oxygens (including phenoxy) is 1. The molecule has 0 spiro atoms. The zero-order valence-electron chi connectivity index (χ0n) is 15.8. The minimum Gasteiger partial charge on any atom is -0.444 e. The molecule has 0 aromatic carbocycles. The number of hydrogen-bond donors (Lipinski definition) is 1. The van der Waals surface area contributed by atoms with E-state index in [9.17, 15) is 4.79 Å². The Morgan fingerprint density at radius 3 is 2.60 bits per heavy atom. The summed E-state index contributed by atoms with van der Waals surface area (Å²) in [6.45, 7) is 11.2. The second kappa shape index (κ2) is 7.73. The van der Waals surface area contributed by atoms with Gasteiger partial charge in [0.15, 0.2) is 0 Å². The SMILES string of the molecule is Cc1ccc(N2CCC(C(C)NC(=O)OC(C)(C)C)CC2)nc1C#N. The first kappa shape index (κ1) is 19.0. The Hall–Kier alpha value is -2.29. The Kier molecular flexibility index (Phi) is 5.89. The van der Waals surface area contributed by atoms with Crippen molar-refractivity contribution in [3.63, 3.8) is 0 Å². The average molecular weight is 344 g/mol. The van der Waals surface area contributed by atoms with Gasteiger partial charge in [0.25, 0.3) is 0 Å². The molecular weight excluding hydrogens is 316 g/mol. The molecule has 2 rings (SSSR count). The first-order chi connectivity index (χ1) is 11.7. The molecule has 0 radical (unpaired) electrons. The van der Waals surface area contributed by atoms with Gasteiger partial charge in [0.05, 0.1) is 0 Å². The second-order valence-corrected chi connectivity index (χ2v) is 7.71. The number of carbonyl (C=O) groups is 1. The van der Waals surface area contributed by atoms with Crippen LogP contribution in [-0.2, 0) is 4.74 Å². The largest absolute Gasteiger partial charge is 0.444 e. The normalized spacial score (nSPS) is 16.9. The van der Waals surface area contributed by atoms with Gasteiger partial charge < -0.3 is 15.0 Å². The van der Waals surface area contributed by atoms with Crippen molar-refractivity contribution in [3.8, 4) is 6.07 Å². The van der Waals surface area contributed by atoms with Crippen LogP contribution < -0.4 is 10.2 Å². The van der Waals surface area contributed by atoms with Crippen molar-refractivity contribution >= 4 is 11.9 Å². The molecule has 1 N–H and O–H groups in total. The van der Waals surface area contributed by atoms with Crippen molar-refractivity contribution < 1.29 is 9.53 Å². The standard InChI is InChI=1S/C19H28N4O2/c1-13-6-7-17(22-16(13)12-20)23-10-8-15(9-11-23)14(2)21-18(24)25-19(3,4)5/h6-7,14-15H,8-11H2,1-5H3,(H,21,24). The number of nitrogens with one attached hydrogen (secondary N) is 1. The molecule has 136 valence electrons. The summed E-state index contributed by atoms with van der Waals surface area (Å²) in [4.78, 5) is 18.6. The zero-order chi connectivity index (χ0) is 18.6. The Labute approximate surface area is 150 Å². The average Bonchev–Trinajstić information content (AvgIpc) is 2.53. The van der Waals surface area contributed by atoms with Gasteiger partial charge in [0.2, 0.25) is 0 Å². The molecule has 1 amide bonds. The Bertz CT molecular complexity index is 652. The van der Waals surface area contributed by atoms with E-state index in [2.05, 4.69) is 21.3 Å². The number of hydrogen-bond acceptors (Lipinski definition) is 5. The van der Waals surface area contributed by atoms with E-state index in [1.807, 2.05) is 46.8 Å². The van der Waals surface area contributed by atoms with Gasteiger partial charge in [-0.1, -0.05) is 6.07 Å². The quantitative estimate of drug-likeness (QED) is 0.909. The van der Waals surface area contributed by atoms with Crippen LogP contribution in [0.4, 0.5) is 10.6 Å². The summed E-state index contributed by atoms with van der Waals surface area (Å²) in [5, 5.41) is 12.1. The molecule has 0 saturated carbocycles. The highest BCUT2D eigenvalue weighted by atomic mass is 16.6. The summed E-state index contributed by atoms with van der Waals surface area (Å²) >= 11 is 0. The third-order valence-corrected chi connectivity index (χ3v) is 4.50. The highest BCUT2D eigenvalue weighted by Crippen LogP contribution is 2.25. The van der Waals surface area contributed by atoms with Crippen LogP contribution in [-0.4, -0.2) is 35.8 Å². The summed E-state index contributed by atoms with van der Waals surface area (Å²) in [5.74, 6) is 1.26. The number of anilines is 1. The minimum absolute atomic E-state index is 0.0673. The number of carbonyl (C=O) groups excluding carboxylic acids is 1. The number of nitriles is 1. The second-order valence-electron chi connectivity index (χ2n) is 7.71. The monoisotopic (exact) mass is 344 g/mol. The molecule has 1 fully saturated rings. The Balaban J connectivity index is 1.89. The molecule has 1 aliphatic rings. The molecule has 1 unspecified atom stereocenters. The van der Waals surface area contributed by atoms with Crippen molar-refractivity contribution in [2.45, 2.75) is 59.1 Å². The summed E-state index contributed by atoms with van der Waals surface area (Å²) in [6, 6.07) is 6.13. The molecular formula is C19H28N4O2. The molecule has 0 bridgehead atoms. The van der Waals surface area contributed by atoms with Gasteiger partial charge in [-0.05, 0) is 65.0 Å². The topological polar surface area (TPSA) is 78.2 Å². The lowest BCUT2D eigenvalue weighted by atomic mass is 9.90. The van der Waals surface area contributed by atoms with Gasteiger partial charge in [-0.3, -0.25) is 0 Å². The summed E-state index contributed by atoms with van der Waals surface area (Å²) in [7, 11) is 0. The number of rotatable bonds is 3. The van der Waals surface area contributed by atoms with Crippen molar-refractivity contribution in [1.82, 2.24) is 10.3 Å². The van der Waals surface area contributed by atoms with E-state index in [1.165, 1.54) is 0 Å². The van der Waals surface area contributed by atoms with E-state index in [-0.39, 0.29) is 12.1 Å². The number of alkyl carbamates (subject to hydrolysis) is 1. The van der Waals surface area contributed by atoms with Gasteiger partial charge >= 0.3 is 6.09 Å². The molecule has 0 aliphatic carbocycles. The van der Waals surface area contributed by atoms with Crippen LogP contribution in [0.25, 0.3) is 0 Å². The molecule has 1 saturated heterocycles. The number of aryl methyl sites for hydroxylation is 1. The smallest absolute Gasteiger partial charge is 0.407 e. The number of aromatic nitrogens is 1. The van der Waals surface area contributed by atoms with E-state index < -0.39 is 5.60 Å². The number of pyridine rings is 1. The van der Waals surface area contributed by atoms with Crippen molar-refractivity contribution in [2.24, 2.45) is 5.92 Å². The summed E-state index contributed by atoms with van der Waals surface area (Å²) in [5.41, 5.74) is 0.902. The zero-order valence-corrected chi connectivity index (χ0v) is 15.8. The fourth-order valence-corrected chi connectivity index (χ4v) is 3.05. The van der Waals surface area contributed by atoms with Crippen LogP contribution in [0.5, 0.6) is 0 Å². The maximum Gasteiger partial charge on any atom is 0.407 e. The van der Waals surface area contributed by atoms with Crippen LogP contribution in [0.2, 0.25) is 0 Å². The molecule has 1 aromatic heterocycles. The Morgan fingerprint density at radius 1 is 1.40 bits per heavy atom. The molecule has 25 heavy (non-hydrogen) atoms. The molecule has 2 heterocycles. The highest BCUT2D eigenvalue weighted by molar-refractivity contribution is 5.68. The predicted octanol–water partition coefficient (Wildman–Crippen LogP) is 3.39. The van der Waals surface area contributed by atoms with Crippen LogP contribution in [0.3, 0.4) is 0 Å². The maximum absolute atomic E-state index is 11.9. The van der Waals surface area contributed by atoms with Gasteiger partial charge in [-0.2, -0.15) is 5.26 Å². The minimum atomic E-state index is -0.483. The lowest BCUT2D eigenvalue weighted by molar-refractivity contribution is 0.0487. The number of amides is 1. The Morgan fingerprint density at radius 2 is 2.04 bits per heavy atom. The summed E-state index contributed by atoms with van der Waals surface area (Å²) < 4.78 is 5.33. The third kappa shape index (κ3) is 5.35. The first-order valence-corrected chi connectivity index (χ1v) is 8.82. The number of piperidine rings is 1. The highest BCUT2D eigenvalue weighted by Gasteiger charge is 2.27. The lowest BCUT2D eigenvalue weighted by Crippen LogP contribution is -2.45. The van der Waals surface area contributed by atoms with Crippen LogP contribution in [0, 0.1) is 24.2 Å². The predicted molar refractivity (Wildman–Crippen MR) is 97.5 cm³/mol. The van der Waals surface area contributed by atoms with Crippen molar-refractivity contribution in [3.05, 3.63) is 23.4 Å². The van der Waals surface area contributed by atoms with E-state index >= 15 is 0 Å².